The molecule has 0 radical (unpaired) electrons. The van der Waals surface area contributed by atoms with Gasteiger partial charge >= 0.3 is 0 Å². The number of hydrogen-bond acceptors (Lipinski definition) is 4. The molecule has 0 saturated carbocycles. The van der Waals surface area contributed by atoms with Gasteiger partial charge in [0.1, 0.15) is 5.75 Å². The van der Waals surface area contributed by atoms with Gasteiger partial charge in [0.15, 0.2) is 6.61 Å². The van der Waals surface area contributed by atoms with E-state index in [1.54, 1.807) is 31.3 Å². The summed E-state index contributed by atoms with van der Waals surface area (Å²) in [5.74, 6) is 1.47. The Balaban J connectivity index is 1.77. The summed E-state index contributed by atoms with van der Waals surface area (Å²) in [4.78, 5) is 23.3. The second-order valence-electron chi connectivity index (χ2n) is 6.30. The number of likely N-dealkylation sites (N-methyl/N-ethyl adjacent to an activating group) is 1. The molecule has 1 unspecified atom stereocenters. The van der Waals surface area contributed by atoms with E-state index in [1.807, 2.05) is 0 Å². The van der Waals surface area contributed by atoms with Gasteiger partial charge < -0.3 is 20.7 Å². The molecule has 0 aromatic heterocycles. The van der Waals surface area contributed by atoms with Crippen molar-refractivity contribution in [1.82, 2.24) is 10.6 Å². The van der Waals surface area contributed by atoms with E-state index in [2.05, 4.69) is 22.9 Å². The number of rotatable bonds is 7. The Morgan fingerprint density at radius 1 is 1.21 bits per heavy atom. The van der Waals surface area contributed by atoms with Crippen molar-refractivity contribution < 1.29 is 14.3 Å². The molecule has 0 spiro atoms. The summed E-state index contributed by atoms with van der Waals surface area (Å²) in [7, 11) is 1.56. The van der Waals surface area contributed by atoms with E-state index in [0.717, 1.165) is 31.6 Å². The minimum atomic E-state index is -0.181. The maximum absolute atomic E-state index is 12.2. The molecule has 1 aromatic carbocycles. The molecule has 1 fully saturated rings. The zero-order valence-corrected chi connectivity index (χ0v) is 14.4. The van der Waals surface area contributed by atoms with Crippen LogP contribution < -0.4 is 20.7 Å². The molecule has 1 aliphatic heterocycles. The lowest BCUT2D eigenvalue weighted by Crippen LogP contribution is -2.32. The lowest BCUT2D eigenvalue weighted by molar-refractivity contribution is -0.122. The Morgan fingerprint density at radius 2 is 1.88 bits per heavy atom. The van der Waals surface area contributed by atoms with Crippen LogP contribution in [0.4, 0.5) is 5.69 Å². The lowest BCUT2D eigenvalue weighted by Gasteiger charge is -2.27. The zero-order valence-electron chi connectivity index (χ0n) is 14.4. The SMILES string of the molecule is CNC(=O)COc1ccc(NC(=O)CC(C)C2CCNCC2)cc1. The van der Waals surface area contributed by atoms with Crippen molar-refractivity contribution in [1.29, 1.82) is 0 Å². The van der Waals surface area contributed by atoms with Crippen LogP contribution in [0.5, 0.6) is 5.75 Å². The van der Waals surface area contributed by atoms with Gasteiger partial charge in [-0.2, -0.15) is 0 Å². The minimum absolute atomic E-state index is 0.0179. The van der Waals surface area contributed by atoms with E-state index in [0.29, 0.717) is 24.0 Å². The molecular formula is C18H27N3O3. The third-order valence-electron chi connectivity index (χ3n) is 4.48. The Labute approximate surface area is 143 Å². The highest BCUT2D eigenvalue weighted by molar-refractivity contribution is 5.90. The maximum Gasteiger partial charge on any atom is 0.257 e. The second kappa shape index (κ2) is 9.27. The van der Waals surface area contributed by atoms with E-state index in [1.165, 1.54) is 0 Å². The van der Waals surface area contributed by atoms with Gasteiger partial charge in [0.05, 0.1) is 0 Å². The van der Waals surface area contributed by atoms with E-state index in [-0.39, 0.29) is 18.4 Å². The molecule has 1 aromatic rings. The largest absolute Gasteiger partial charge is 0.484 e. The van der Waals surface area contributed by atoms with Gasteiger partial charge in [0.25, 0.3) is 5.91 Å². The molecular weight excluding hydrogens is 306 g/mol. The van der Waals surface area contributed by atoms with Crippen molar-refractivity contribution in [3.05, 3.63) is 24.3 Å². The average Bonchev–Trinajstić information content (AvgIpc) is 2.61. The van der Waals surface area contributed by atoms with Crippen LogP contribution in [0.15, 0.2) is 24.3 Å². The standard InChI is InChI=1S/C18H27N3O3/c1-13(14-7-9-20-10-8-14)11-17(22)21-15-3-5-16(6-4-15)24-12-18(23)19-2/h3-6,13-14,20H,7-12H2,1-2H3,(H,19,23)(H,21,22). The fourth-order valence-corrected chi connectivity index (χ4v) is 2.94. The number of carbonyl (C=O) groups is 2. The molecule has 2 rings (SSSR count). The smallest absolute Gasteiger partial charge is 0.257 e. The molecule has 3 N–H and O–H groups in total. The highest BCUT2D eigenvalue weighted by Crippen LogP contribution is 2.25. The first kappa shape index (κ1) is 18.3. The van der Waals surface area contributed by atoms with Gasteiger partial charge in [-0.1, -0.05) is 6.92 Å². The number of ether oxygens (including phenoxy) is 1. The number of carbonyl (C=O) groups excluding carboxylic acids is 2. The van der Waals surface area contributed by atoms with Gasteiger partial charge in [-0.25, -0.2) is 0 Å². The molecule has 1 atom stereocenters. The Bertz CT molecular complexity index is 539. The number of benzene rings is 1. The number of nitrogens with one attached hydrogen (secondary N) is 3. The quantitative estimate of drug-likeness (QED) is 0.710. The normalized spacial score (nSPS) is 16.2. The first-order valence-electron chi connectivity index (χ1n) is 8.52. The summed E-state index contributed by atoms with van der Waals surface area (Å²) in [5, 5.41) is 8.77. The summed E-state index contributed by atoms with van der Waals surface area (Å²) in [6.07, 6.45) is 2.83. The highest BCUT2D eigenvalue weighted by Gasteiger charge is 2.21. The number of hydrogen-bond donors (Lipinski definition) is 3. The van der Waals surface area contributed by atoms with Crippen LogP contribution in [0.2, 0.25) is 0 Å². The first-order valence-corrected chi connectivity index (χ1v) is 8.52. The maximum atomic E-state index is 12.2. The molecule has 0 aliphatic carbocycles. The molecule has 132 valence electrons. The van der Waals surface area contributed by atoms with Crippen molar-refractivity contribution in [3.63, 3.8) is 0 Å². The van der Waals surface area contributed by atoms with Crippen LogP contribution in [0, 0.1) is 11.8 Å². The molecule has 2 amide bonds. The van der Waals surface area contributed by atoms with Gasteiger partial charge in [-0.05, 0) is 62.0 Å². The van der Waals surface area contributed by atoms with Crippen LogP contribution in [0.1, 0.15) is 26.2 Å². The number of amides is 2. The van der Waals surface area contributed by atoms with Crippen molar-refractivity contribution in [2.75, 3.05) is 32.1 Å². The monoisotopic (exact) mass is 333 g/mol. The third-order valence-corrected chi connectivity index (χ3v) is 4.48. The lowest BCUT2D eigenvalue weighted by atomic mass is 9.84. The number of piperidine rings is 1. The average molecular weight is 333 g/mol. The molecule has 1 saturated heterocycles. The summed E-state index contributed by atoms with van der Waals surface area (Å²) in [5.41, 5.74) is 0.741. The van der Waals surface area contributed by atoms with E-state index in [9.17, 15) is 9.59 Å². The summed E-state index contributed by atoms with van der Waals surface area (Å²) in [6.45, 7) is 4.24. The van der Waals surface area contributed by atoms with E-state index in [4.69, 9.17) is 4.74 Å². The molecule has 6 heteroatoms. The Kier molecular flexibility index (Phi) is 7.06. The number of anilines is 1. The van der Waals surface area contributed by atoms with Crippen LogP contribution >= 0.6 is 0 Å². The van der Waals surface area contributed by atoms with E-state index >= 15 is 0 Å². The predicted octanol–water partition coefficient (Wildman–Crippen LogP) is 1.78. The van der Waals surface area contributed by atoms with Crippen molar-refractivity contribution in [2.45, 2.75) is 26.2 Å². The second-order valence-corrected chi connectivity index (χ2v) is 6.30. The van der Waals surface area contributed by atoms with Crippen LogP contribution in [-0.4, -0.2) is 38.6 Å². The minimum Gasteiger partial charge on any atom is -0.484 e. The summed E-state index contributed by atoms with van der Waals surface area (Å²) >= 11 is 0. The van der Waals surface area contributed by atoms with Crippen molar-refractivity contribution in [3.8, 4) is 5.75 Å². The zero-order chi connectivity index (χ0) is 17.4. The third kappa shape index (κ3) is 5.85. The highest BCUT2D eigenvalue weighted by atomic mass is 16.5. The van der Waals surface area contributed by atoms with Gasteiger partial charge in [0, 0.05) is 19.2 Å². The van der Waals surface area contributed by atoms with E-state index < -0.39 is 0 Å². The fraction of sp³-hybridized carbons (Fsp3) is 0.556. The Hall–Kier alpha value is -2.08. The van der Waals surface area contributed by atoms with Crippen LogP contribution in [0.3, 0.4) is 0 Å². The van der Waals surface area contributed by atoms with Gasteiger partial charge in [0.2, 0.25) is 5.91 Å². The fourth-order valence-electron chi connectivity index (χ4n) is 2.94. The van der Waals surface area contributed by atoms with Crippen molar-refractivity contribution in [2.24, 2.45) is 11.8 Å². The van der Waals surface area contributed by atoms with Crippen LogP contribution in [-0.2, 0) is 9.59 Å². The van der Waals surface area contributed by atoms with Gasteiger partial charge in [-0.3, -0.25) is 9.59 Å². The molecule has 1 aliphatic rings. The summed E-state index contributed by atoms with van der Waals surface area (Å²) < 4.78 is 5.33. The topological polar surface area (TPSA) is 79.5 Å². The molecule has 0 bridgehead atoms. The first-order chi connectivity index (χ1) is 11.6. The molecule has 24 heavy (non-hydrogen) atoms. The van der Waals surface area contributed by atoms with Crippen molar-refractivity contribution >= 4 is 17.5 Å². The van der Waals surface area contributed by atoms with Gasteiger partial charge in [-0.15, -0.1) is 0 Å². The Morgan fingerprint density at radius 3 is 2.50 bits per heavy atom. The summed E-state index contributed by atoms with van der Waals surface area (Å²) in [6, 6.07) is 7.06. The molecule has 1 heterocycles. The van der Waals surface area contributed by atoms with Crippen LogP contribution in [0.25, 0.3) is 0 Å². The molecule has 6 nitrogen and oxygen atoms in total. The predicted molar refractivity (Wildman–Crippen MR) is 94.0 cm³/mol.